The third-order valence-electron chi connectivity index (χ3n) is 2.78. The normalized spacial score (nSPS) is 12.9. The molecule has 0 aliphatic heterocycles. The lowest BCUT2D eigenvalue weighted by atomic mass is 10.3. The van der Waals surface area contributed by atoms with Crippen LogP contribution in [-0.2, 0) is 14.3 Å². The van der Waals surface area contributed by atoms with E-state index in [4.69, 9.17) is 9.47 Å². The third-order valence-corrected chi connectivity index (χ3v) is 3.31. The molecule has 1 rings (SSSR count). The van der Waals surface area contributed by atoms with E-state index >= 15 is 0 Å². The second-order valence-corrected chi connectivity index (χ2v) is 6.33. The Morgan fingerprint density at radius 1 is 1.00 bits per heavy atom. The highest BCUT2D eigenvalue weighted by molar-refractivity contribution is 9.10. The van der Waals surface area contributed by atoms with Crippen molar-refractivity contribution in [3.63, 3.8) is 0 Å². The molecule has 1 aromatic carbocycles. The second kappa shape index (κ2) is 9.27. The largest absolute Gasteiger partial charge is 0.479 e. The lowest BCUT2D eigenvalue weighted by molar-refractivity contribution is -0.160. The van der Waals surface area contributed by atoms with Crippen molar-refractivity contribution in [3.05, 3.63) is 28.7 Å². The van der Waals surface area contributed by atoms with Gasteiger partial charge in [0.1, 0.15) is 5.75 Å². The monoisotopic (exact) mass is 400 g/mol. The van der Waals surface area contributed by atoms with E-state index in [-0.39, 0.29) is 6.04 Å². The number of esters is 1. The Morgan fingerprint density at radius 2 is 1.58 bits per heavy atom. The van der Waals surface area contributed by atoms with E-state index in [2.05, 4.69) is 26.6 Å². The molecule has 132 valence electrons. The minimum absolute atomic E-state index is 0.116. The number of nitrogens with one attached hydrogen (secondary N) is 2. The van der Waals surface area contributed by atoms with Gasteiger partial charge < -0.3 is 14.8 Å². The van der Waals surface area contributed by atoms with Gasteiger partial charge in [0.05, 0.1) is 0 Å². The van der Waals surface area contributed by atoms with Gasteiger partial charge in [0, 0.05) is 10.5 Å². The van der Waals surface area contributed by atoms with E-state index in [9.17, 15) is 14.4 Å². The maximum Gasteiger partial charge on any atom is 0.347 e. The Labute approximate surface area is 149 Å². The summed E-state index contributed by atoms with van der Waals surface area (Å²) in [6, 6.07) is 6.18. The molecular weight excluding hydrogens is 380 g/mol. The van der Waals surface area contributed by atoms with Crippen LogP contribution in [0.15, 0.2) is 28.7 Å². The molecule has 0 fully saturated rings. The van der Waals surface area contributed by atoms with Crippen molar-refractivity contribution < 1.29 is 23.9 Å². The summed E-state index contributed by atoms with van der Waals surface area (Å²) >= 11 is 3.30. The molecule has 1 aromatic rings. The van der Waals surface area contributed by atoms with Crippen LogP contribution in [0.4, 0.5) is 4.79 Å². The zero-order chi connectivity index (χ0) is 18.3. The van der Waals surface area contributed by atoms with E-state index in [0.717, 1.165) is 4.47 Å². The molecule has 0 spiro atoms. The molecular formula is C16H21BrN2O5. The molecule has 3 amide bonds. The maximum absolute atomic E-state index is 12.0. The van der Waals surface area contributed by atoms with Crippen LogP contribution in [0.3, 0.4) is 0 Å². The Bertz CT molecular complexity index is 589. The number of ether oxygens (including phenoxy) is 2. The third kappa shape index (κ3) is 6.99. The summed E-state index contributed by atoms with van der Waals surface area (Å²) in [6.45, 7) is 6.41. The summed E-state index contributed by atoms with van der Waals surface area (Å²) in [4.78, 5) is 35.2. The predicted molar refractivity (Wildman–Crippen MR) is 91.6 cm³/mol. The van der Waals surface area contributed by atoms with Crippen molar-refractivity contribution >= 4 is 33.8 Å². The second-order valence-electron chi connectivity index (χ2n) is 5.41. The Hall–Kier alpha value is -2.09. The van der Waals surface area contributed by atoms with Crippen LogP contribution < -0.4 is 15.4 Å². The number of carbonyl (C=O) groups excluding carboxylic acids is 3. The fourth-order valence-corrected chi connectivity index (χ4v) is 1.87. The molecule has 2 N–H and O–H groups in total. The van der Waals surface area contributed by atoms with E-state index in [1.165, 1.54) is 13.8 Å². The number of benzene rings is 1. The van der Waals surface area contributed by atoms with Crippen LogP contribution >= 0.6 is 15.9 Å². The smallest absolute Gasteiger partial charge is 0.347 e. The van der Waals surface area contributed by atoms with Gasteiger partial charge in [-0.2, -0.15) is 0 Å². The number of halogens is 1. The van der Waals surface area contributed by atoms with Gasteiger partial charge >= 0.3 is 12.0 Å². The highest BCUT2D eigenvalue weighted by Crippen LogP contribution is 2.17. The van der Waals surface area contributed by atoms with Crippen LogP contribution in [0.1, 0.15) is 27.7 Å². The number of hydrogen-bond acceptors (Lipinski definition) is 5. The van der Waals surface area contributed by atoms with Gasteiger partial charge in [0.25, 0.3) is 5.91 Å². The minimum atomic E-state index is -1.12. The van der Waals surface area contributed by atoms with Crippen molar-refractivity contribution in [1.29, 1.82) is 0 Å². The molecule has 0 radical (unpaired) electrons. The van der Waals surface area contributed by atoms with Crippen molar-refractivity contribution in [2.24, 2.45) is 0 Å². The first kappa shape index (κ1) is 20.0. The molecule has 0 aromatic heterocycles. The van der Waals surface area contributed by atoms with Crippen molar-refractivity contribution in [1.82, 2.24) is 10.6 Å². The van der Waals surface area contributed by atoms with E-state index in [0.29, 0.717) is 5.75 Å². The molecule has 0 bridgehead atoms. The number of urea groups is 1. The molecule has 0 unspecified atom stereocenters. The average molecular weight is 401 g/mol. The van der Waals surface area contributed by atoms with Gasteiger partial charge in [-0.25, -0.2) is 9.59 Å². The van der Waals surface area contributed by atoms with Crippen LogP contribution in [-0.4, -0.2) is 36.2 Å². The Balaban J connectivity index is 2.48. The number of carbonyl (C=O) groups is 3. The van der Waals surface area contributed by atoms with Gasteiger partial charge in [0.15, 0.2) is 12.2 Å². The number of amides is 3. The summed E-state index contributed by atoms with van der Waals surface area (Å²) in [5.41, 5.74) is 0. The standard InChI is InChI=1S/C16H21BrN2O5/c1-9(2)18-16(22)19-14(20)10(3)24-15(21)11(4)23-13-7-5-12(17)6-8-13/h5-11H,1-4H3,(H2,18,19,20,22)/t10-,11-/m0/s1. The molecule has 0 saturated heterocycles. The zero-order valence-electron chi connectivity index (χ0n) is 14.0. The molecule has 0 heterocycles. The van der Waals surface area contributed by atoms with Crippen molar-refractivity contribution in [2.75, 3.05) is 0 Å². The van der Waals surface area contributed by atoms with Gasteiger partial charge in [-0.15, -0.1) is 0 Å². The Kier molecular flexibility index (Phi) is 7.70. The first-order valence-corrected chi connectivity index (χ1v) is 8.22. The molecule has 0 aliphatic carbocycles. The van der Waals surface area contributed by atoms with Crippen molar-refractivity contribution in [2.45, 2.75) is 45.9 Å². The molecule has 0 aliphatic rings. The SMILES string of the molecule is CC(C)NC(=O)NC(=O)[C@H](C)OC(=O)[C@H](C)Oc1ccc(Br)cc1. The molecule has 24 heavy (non-hydrogen) atoms. The van der Waals surface area contributed by atoms with E-state index in [1.807, 2.05) is 0 Å². The van der Waals surface area contributed by atoms with Crippen molar-refractivity contribution in [3.8, 4) is 5.75 Å². The summed E-state index contributed by atoms with van der Waals surface area (Å²) in [7, 11) is 0. The highest BCUT2D eigenvalue weighted by Gasteiger charge is 2.24. The van der Waals surface area contributed by atoms with Crippen LogP contribution in [0, 0.1) is 0 Å². The molecule has 8 heteroatoms. The number of imide groups is 1. The van der Waals surface area contributed by atoms with Crippen LogP contribution in [0.2, 0.25) is 0 Å². The summed E-state index contributed by atoms with van der Waals surface area (Å²) in [6.07, 6.45) is -2.02. The lowest BCUT2D eigenvalue weighted by Crippen LogP contribution is -2.47. The first-order valence-electron chi connectivity index (χ1n) is 7.43. The maximum atomic E-state index is 12.0. The average Bonchev–Trinajstić information content (AvgIpc) is 2.48. The fourth-order valence-electron chi connectivity index (χ4n) is 1.60. The minimum Gasteiger partial charge on any atom is -0.479 e. The summed E-state index contributed by atoms with van der Waals surface area (Å²) in [5, 5.41) is 4.60. The molecule has 7 nitrogen and oxygen atoms in total. The summed E-state index contributed by atoms with van der Waals surface area (Å²) in [5.74, 6) is -0.918. The predicted octanol–water partition coefficient (Wildman–Crippen LogP) is 2.38. The van der Waals surface area contributed by atoms with Gasteiger partial charge in [-0.1, -0.05) is 15.9 Å². The van der Waals surface area contributed by atoms with Crippen LogP contribution in [0.25, 0.3) is 0 Å². The zero-order valence-corrected chi connectivity index (χ0v) is 15.5. The quantitative estimate of drug-likeness (QED) is 0.714. The fraction of sp³-hybridized carbons (Fsp3) is 0.438. The number of rotatable bonds is 6. The highest BCUT2D eigenvalue weighted by atomic mass is 79.9. The lowest BCUT2D eigenvalue weighted by Gasteiger charge is -2.18. The van der Waals surface area contributed by atoms with Gasteiger partial charge in [-0.05, 0) is 52.0 Å². The van der Waals surface area contributed by atoms with Gasteiger partial charge in [0.2, 0.25) is 0 Å². The first-order chi connectivity index (χ1) is 11.2. The van der Waals surface area contributed by atoms with E-state index < -0.39 is 30.1 Å². The van der Waals surface area contributed by atoms with Crippen LogP contribution in [0.5, 0.6) is 5.75 Å². The summed E-state index contributed by atoms with van der Waals surface area (Å²) < 4.78 is 11.3. The molecule has 0 saturated carbocycles. The number of hydrogen-bond donors (Lipinski definition) is 2. The van der Waals surface area contributed by atoms with Gasteiger partial charge in [-0.3, -0.25) is 10.1 Å². The molecule has 2 atom stereocenters. The Morgan fingerprint density at radius 3 is 2.12 bits per heavy atom. The topological polar surface area (TPSA) is 93.7 Å². The van der Waals surface area contributed by atoms with E-state index in [1.54, 1.807) is 38.1 Å².